The predicted octanol–water partition coefficient (Wildman–Crippen LogP) is 3.86. The fourth-order valence-electron chi connectivity index (χ4n) is 2.69. The maximum atomic E-state index is 6.17. The van der Waals surface area contributed by atoms with Crippen molar-refractivity contribution in [3.63, 3.8) is 0 Å². The molecule has 3 rings (SSSR count). The highest BCUT2D eigenvalue weighted by molar-refractivity contribution is 5.46. The Morgan fingerprint density at radius 3 is 2.26 bits per heavy atom. The number of hydrogen-bond donors (Lipinski definition) is 1. The van der Waals surface area contributed by atoms with E-state index in [1.807, 2.05) is 42.5 Å². The molecule has 2 heteroatoms. The molecule has 0 amide bonds. The first-order valence-electron chi connectivity index (χ1n) is 6.80. The van der Waals surface area contributed by atoms with Crippen LogP contribution in [0.3, 0.4) is 0 Å². The van der Waals surface area contributed by atoms with Crippen LogP contribution in [0.2, 0.25) is 0 Å². The van der Waals surface area contributed by atoms with Gasteiger partial charge in [-0.2, -0.15) is 0 Å². The Hall–Kier alpha value is -1.80. The maximum absolute atomic E-state index is 6.17. The third-order valence-corrected chi connectivity index (χ3v) is 4.05. The second-order valence-electron chi connectivity index (χ2n) is 5.36. The molecule has 0 spiro atoms. The fourth-order valence-corrected chi connectivity index (χ4v) is 2.69. The van der Waals surface area contributed by atoms with Crippen molar-refractivity contribution in [2.24, 2.45) is 5.73 Å². The summed E-state index contributed by atoms with van der Waals surface area (Å²) in [5, 5.41) is 0. The van der Waals surface area contributed by atoms with E-state index >= 15 is 0 Å². The van der Waals surface area contributed by atoms with Gasteiger partial charge in [0, 0.05) is 17.0 Å². The summed E-state index contributed by atoms with van der Waals surface area (Å²) in [6, 6.07) is 18.3. The maximum Gasteiger partial charge on any atom is 0.131 e. The molecule has 0 aromatic heterocycles. The Labute approximate surface area is 114 Å². The molecule has 2 nitrogen and oxygen atoms in total. The highest BCUT2D eigenvalue weighted by atomic mass is 16.5. The lowest BCUT2D eigenvalue weighted by molar-refractivity contribution is 0.455. The first-order valence-corrected chi connectivity index (χ1v) is 6.80. The number of benzene rings is 2. The van der Waals surface area contributed by atoms with E-state index in [1.54, 1.807) is 0 Å². The number of para-hydroxylation sites is 2. The van der Waals surface area contributed by atoms with Gasteiger partial charge in [0.2, 0.25) is 0 Å². The van der Waals surface area contributed by atoms with Gasteiger partial charge in [0.1, 0.15) is 11.5 Å². The molecule has 98 valence electrons. The second kappa shape index (κ2) is 4.71. The van der Waals surface area contributed by atoms with Crippen molar-refractivity contribution < 1.29 is 4.74 Å². The predicted molar refractivity (Wildman–Crippen MR) is 77.5 cm³/mol. The van der Waals surface area contributed by atoms with Crippen molar-refractivity contribution in [2.45, 2.75) is 31.2 Å². The van der Waals surface area contributed by atoms with Gasteiger partial charge in [0.15, 0.2) is 0 Å². The number of rotatable bonds is 4. The van der Waals surface area contributed by atoms with E-state index in [9.17, 15) is 0 Å². The van der Waals surface area contributed by atoms with Crippen molar-refractivity contribution in [3.05, 3.63) is 60.2 Å². The highest BCUT2D eigenvalue weighted by Gasteiger charge is 2.49. The second-order valence-corrected chi connectivity index (χ2v) is 5.36. The minimum absolute atomic E-state index is 0.116. The Morgan fingerprint density at radius 1 is 1.00 bits per heavy atom. The SMILES string of the molecule is CC(N)C1(c2ccccc2Oc2ccccc2)CC1. The van der Waals surface area contributed by atoms with E-state index in [2.05, 4.69) is 19.1 Å². The normalized spacial score (nSPS) is 17.8. The molecule has 1 saturated carbocycles. The van der Waals surface area contributed by atoms with Gasteiger partial charge in [-0.05, 0) is 38.0 Å². The standard InChI is InChI=1S/C17H19NO/c1-13(18)17(11-12-17)15-9-5-6-10-16(15)19-14-7-3-2-4-8-14/h2-10,13H,11-12,18H2,1H3. The van der Waals surface area contributed by atoms with Crippen LogP contribution in [-0.2, 0) is 5.41 Å². The Balaban J connectivity index is 1.95. The highest BCUT2D eigenvalue weighted by Crippen LogP contribution is 2.53. The number of nitrogens with two attached hydrogens (primary N) is 1. The number of ether oxygens (including phenoxy) is 1. The summed E-state index contributed by atoms with van der Waals surface area (Å²) in [4.78, 5) is 0. The topological polar surface area (TPSA) is 35.2 Å². The third-order valence-electron chi connectivity index (χ3n) is 4.05. The molecule has 1 unspecified atom stereocenters. The van der Waals surface area contributed by atoms with Crippen LogP contribution in [0.5, 0.6) is 11.5 Å². The zero-order valence-electron chi connectivity index (χ0n) is 11.2. The van der Waals surface area contributed by atoms with Crippen LogP contribution in [0.15, 0.2) is 54.6 Å². The van der Waals surface area contributed by atoms with Crippen molar-refractivity contribution in [2.75, 3.05) is 0 Å². The lowest BCUT2D eigenvalue weighted by atomic mass is 9.89. The summed E-state index contributed by atoms with van der Waals surface area (Å²) in [5.74, 6) is 1.80. The zero-order valence-corrected chi connectivity index (χ0v) is 11.2. The molecule has 1 fully saturated rings. The molecule has 2 N–H and O–H groups in total. The molecule has 0 saturated heterocycles. The molecule has 1 atom stereocenters. The van der Waals surface area contributed by atoms with Gasteiger partial charge in [-0.3, -0.25) is 0 Å². The molecule has 1 aliphatic carbocycles. The quantitative estimate of drug-likeness (QED) is 0.898. The summed E-state index contributed by atoms with van der Waals surface area (Å²) < 4.78 is 6.03. The molecule has 19 heavy (non-hydrogen) atoms. The Kier molecular flexibility index (Phi) is 3.03. The summed E-state index contributed by atoms with van der Waals surface area (Å²) >= 11 is 0. The van der Waals surface area contributed by atoms with Crippen LogP contribution in [0.4, 0.5) is 0 Å². The van der Waals surface area contributed by atoms with Crippen LogP contribution in [-0.4, -0.2) is 6.04 Å². The van der Waals surface area contributed by atoms with Gasteiger partial charge in [0.05, 0.1) is 0 Å². The van der Waals surface area contributed by atoms with E-state index in [4.69, 9.17) is 10.5 Å². The van der Waals surface area contributed by atoms with Crippen molar-refractivity contribution in [1.29, 1.82) is 0 Å². The molecule has 0 bridgehead atoms. The smallest absolute Gasteiger partial charge is 0.131 e. The summed E-state index contributed by atoms with van der Waals surface area (Å²) in [6.45, 7) is 2.09. The van der Waals surface area contributed by atoms with E-state index in [0.717, 1.165) is 24.3 Å². The van der Waals surface area contributed by atoms with Crippen LogP contribution in [0, 0.1) is 0 Å². The monoisotopic (exact) mass is 253 g/mol. The molecule has 0 heterocycles. The van der Waals surface area contributed by atoms with Gasteiger partial charge in [-0.25, -0.2) is 0 Å². The average Bonchev–Trinajstić information content (AvgIpc) is 3.22. The number of hydrogen-bond acceptors (Lipinski definition) is 2. The minimum Gasteiger partial charge on any atom is -0.457 e. The fraction of sp³-hybridized carbons (Fsp3) is 0.294. The molecule has 1 aliphatic rings. The van der Waals surface area contributed by atoms with Crippen LogP contribution in [0.1, 0.15) is 25.3 Å². The van der Waals surface area contributed by atoms with Crippen LogP contribution in [0.25, 0.3) is 0 Å². The van der Waals surface area contributed by atoms with Gasteiger partial charge >= 0.3 is 0 Å². The van der Waals surface area contributed by atoms with Gasteiger partial charge < -0.3 is 10.5 Å². The van der Waals surface area contributed by atoms with Gasteiger partial charge in [0.25, 0.3) is 0 Å². The van der Waals surface area contributed by atoms with E-state index < -0.39 is 0 Å². The van der Waals surface area contributed by atoms with Gasteiger partial charge in [-0.15, -0.1) is 0 Å². The summed E-state index contributed by atoms with van der Waals surface area (Å²) in [7, 11) is 0. The first kappa shape index (κ1) is 12.2. The first-order chi connectivity index (χ1) is 9.22. The summed E-state index contributed by atoms with van der Waals surface area (Å²) in [6.07, 6.45) is 2.31. The van der Waals surface area contributed by atoms with E-state index in [-0.39, 0.29) is 11.5 Å². The molecular formula is C17H19NO. The third kappa shape index (κ3) is 2.24. The molecule has 0 radical (unpaired) electrons. The van der Waals surface area contributed by atoms with Crippen molar-refractivity contribution in [1.82, 2.24) is 0 Å². The Bertz CT molecular complexity index is 558. The average molecular weight is 253 g/mol. The molecular weight excluding hydrogens is 234 g/mol. The van der Waals surface area contributed by atoms with Crippen molar-refractivity contribution >= 4 is 0 Å². The molecule has 2 aromatic carbocycles. The van der Waals surface area contributed by atoms with Crippen LogP contribution < -0.4 is 10.5 Å². The lowest BCUT2D eigenvalue weighted by Gasteiger charge is -2.23. The summed E-state index contributed by atoms with van der Waals surface area (Å²) in [5.41, 5.74) is 7.53. The van der Waals surface area contributed by atoms with E-state index in [0.29, 0.717) is 0 Å². The van der Waals surface area contributed by atoms with Crippen molar-refractivity contribution in [3.8, 4) is 11.5 Å². The molecule has 2 aromatic rings. The largest absolute Gasteiger partial charge is 0.457 e. The van der Waals surface area contributed by atoms with E-state index in [1.165, 1.54) is 5.56 Å². The van der Waals surface area contributed by atoms with Crippen LogP contribution >= 0.6 is 0 Å². The zero-order chi connectivity index (χ0) is 13.3. The van der Waals surface area contributed by atoms with Gasteiger partial charge in [-0.1, -0.05) is 36.4 Å². The lowest BCUT2D eigenvalue weighted by Crippen LogP contribution is -2.31. The molecule has 0 aliphatic heterocycles. The minimum atomic E-state index is 0.116. The Morgan fingerprint density at radius 2 is 1.63 bits per heavy atom.